The number of carbonyl (C=O) groups is 1. The number of nitrogens with one attached hydrogen (secondary N) is 1. The number of benzene rings is 1. The molecule has 98 valence electrons. The molecule has 4 N–H and O–H groups in total. The second-order valence-electron chi connectivity index (χ2n) is 4.72. The van der Waals surface area contributed by atoms with Gasteiger partial charge in [0.2, 0.25) is 0 Å². The molecule has 1 aromatic carbocycles. The molecule has 0 aromatic heterocycles. The SMILES string of the molecule is Nc1c(F)ccc(NCC2CCCC2)c1C(=O)O. The number of anilines is 2. The molecule has 0 radical (unpaired) electrons. The molecule has 5 heteroatoms. The Bertz CT molecular complexity index is 457. The highest BCUT2D eigenvalue weighted by Crippen LogP contribution is 2.28. The summed E-state index contributed by atoms with van der Waals surface area (Å²) >= 11 is 0. The Balaban J connectivity index is 2.16. The van der Waals surface area contributed by atoms with Crippen LogP contribution in [0.1, 0.15) is 36.0 Å². The third-order valence-corrected chi connectivity index (χ3v) is 3.46. The Morgan fingerprint density at radius 2 is 2.11 bits per heavy atom. The molecule has 0 unspecified atom stereocenters. The van der Waals surface area contributed by atoms with E-state index in [1.807, 2.05) is 0 Å². The molecule has 0 aliphatic heterocycles. The monoisotopic (exact) mass is 252 g/mol. The summed E-state index contributed by atoms with van der Waals surface area (Å²) in [6.07, 6.45) is 4.77. The number of nitrogens with two attached hydrogens (primary N) is 1. The van der Waals surface area contributed by atoms with Gasteiger partial charge in [0.15, 0.2) is 0 Å². The minimum absolute atomic E-state index is 0.173. The van der Waals surface area contributed by atoms with Gasteiger partial charge < -0.3 is 16.2 Å². The minimum Gasteiger partial charge on any atom is -0.478 e. The van der Waals surface area contributed by atoms with Crippen LogP contribution in [0.2, 0.25) is 0 Å². The number of rotatable bonds is 4. The Kier molecular flexibility index (Phi) is 3.69. The number of carboxylic acids is 1. The Morgan fingerprint density at radius 1 is 1.44 bits per heavy atom. The fourth-order valence-corrected chi connectivity index (χ4v) is 2.44. The summed E-state index contributed by atoms with van der Waals surface area (Å²) in [5.41, 5.74) is 5.39. The van der Waals surface area contributed by atoms with E-state index in [4.69, 9.17) is 10.8 Å². The summed E-state index contributed by atoms with van der Waals surface area (Å²) < 4.78 is 13.2. The highest BCUT2D eigenvalue weighted by molar-refractivity contribution is 6.00. The largest absolute Gasteiger partial charge is 0.478 e. The van der Waals surface area contributed by atoms with Crippen LogP contribution in [0, 0.1) is 11.7 Å². The molecule has 0 amide bonds. The Labute approximate surface area is 105 Å². The topological polar surface area (TPSA) is 75.3 Å². The summed E-state index contributed by atoms with van der Waals surface area (Å²) in [6.45, 7) is 0.714. The van der Waals surface area contributed by atoms with Crippen molar-refractivity contribution in [3.63, 3.8) is 0 Å². The summed E-state index contributed by atoms with van der Waals surface area (Å²) in [6, 6.07) is 2.63. The number of nitrogen functional groups attached to an aromatic ring is 1. The summed E-state index contributed by atoms with van der Waals surface area (Å²) in [4.78, 5) is 11.1. The second kappa shape index (κ2) is 5.25. The molecule has 1 aromatic rings. The van der Waals surface area contributed by atoms with Crippen molar-refractivity contribution in [1.29, 1.82) is 0 Å². The van der Waals surface area contributed by atoms with Crippen LogP contribution in [0.5, 0.6) is 0 Å². The molecule has 1 aliphatic carbocycles. The maximum absolute atomic E-state index is 13.2. The van der Waals surface area contributed by atoms with E-state index in [1.165, 1.54) is 25.0 Å². The van der Waals surface area contributed by atoms with Crippen molar-refractivity contribution < 1.29 is 14.3 Å². The fourth-order valence-electron chi connectivity index (χ4n) is 2.44. The summed E-state index contributed by atoms with van der Waals surface area (Å²) in [5.74, 6) is -1.34. The van der Waals surface area contributed by atoms with Crippen LogP contribution in [0.15, 0.2) is 12.1 Å². The molecule has 4 nitrogen and oxygen atoms in total. The van der Waals surface area contributed by atoms with Crippen LogP contribution in [0.3, 0.4) is 0 Å². The van der Waals surface area contributed by atoms with E-state index in [0.717, 1.165) is 12.8 Å². The number of hydrogen-bond donors (Lipinski definition) is 3. The third kappa shape index (κ3) is 2.55. The first kappa shape index (κ1) is 12.7. The highest BCUT2D eigenvalue weighted by atomic mass is 19.1. The Hall–Kier alpha value is -1.78. The van der Waals surface area contributed by atoms with Gasteiger partial charge in [-0.2, -0.15) is 0 Å². The van der Waals surface area contributed by atoms with Gasteiger partial charge >= 0.3 is 5.97 Å². The lowest BCUT2D eigenvalue weighted by Crippen LogP contribution is -2.15. The smallest absolute Gasteiger partial charge is 0.340 e. The van der Waals surface area contributed by atoms with Crippen molar-refractivity contribution in [2.75, 3.05) is 17.6 Å². The minimum atomic E-state index is -1.21. The zero-order valence-electron chi connectivity index (χ0n) is 10.1. The summed E-state index contributed by atoms with van der Waals surface area (Å²) in [5, 5.41) is 12.2. The van der Waals surface area contributed by atoms with Crippen molar-refractivity contribution in [1.82, 2.24) is 0 Å². The zero-order valence-corrected chi connectivity index (χ0v) is 10.1. The predicted molar refractivity (Wildman–Crippen MR) is 68.2 cm³/mol. The molecule has 0 saturated heterocycles. The Morgan fingerprint density at radius 3 is 2.72 bits per heavy atom. The van der Waals surface area contributed by atoms with Crippen molar-refractivity contribution >= 4 is 17.3 Å². The maximum Gasteiger partial charge on any atom is 0.340 e. The van der Waals surface area contributed by atoms with Crippen molar-refractivity contribution in [2.24, 2.45) is 5.92 Å². The fraction of sp³-hybridized carbons (Fsp3) is 0.462. The lowest BCUT2D eigenvalue weighted by atomic mass is 10.1. The van der Waals surface area contributed by atoms with E-state index in [2.05, 4.69) is 5.32 Å². The van der Waals surface area contributed by atoms with Crippen LogP contribution >= 0.6 is 0 Å². The molecule has 0 atom stereocenters. The van der Waals surface area contributed by atoms with Crippen molar-refractivity contribution in [3.05, 3.63) is 23.5 Å². The molecule has 18 heavy (non-hydrogen) atoms. The average molecular weight is 252 g/mol. The van der Waals surface area contributed by atoms with E-state index in [-0.39, 0.29) is 11.3 Å². The van der Waals surface area contributed by atoms with Gasteiger partial charge in [-0.25, -0.2) is 9.18 Å². The number of hydrogen-bond acceptors (Lipinski definition) is 3. The van der Waals surface area contributed by atoms with E-state index in [0.29, 0.717) is 18.2 Å². The molecule has 0 bridgehead atoms. The van der Waals surface area contributed by atoms with Crippen LogP contribution in [0.25, 0.3) is 0 Å². The highest BCUT2D eigenvalue weighted by Gasteiger charge is 2.19. The second-order valence-corrected chi connectivity index (χ2v) is 4.72. The van der Waals surface area contributed by atoms with Crippen LogP contribution in [-0.2, 0) is 0 Å². The first-order chi connectivity index (χ1) is 8.59. The number of carboxylic acid groups (broad SMARTS) is 1. The molecule has 0 heterocycles. The quantitative estimate of drug-likeness (QED) is 0.720. The normalized spacial score (nSPS) is 15.8. The van der Waals surface area contributed by atoms with Gasteiger partial charge in [-0.3, -0.25) is 0 Å². The van der Waals surface area contributed by atoms with Gasteiger partial charge in [0.25, 0.3) is 0 Å². The number of aromatic carboxylic acids is 1. The maximum atomic E-state index is 13.2. The molecule has 1 saturated carbocycles. The zero-order chi connectivity index (χ0) is 13.1. The average Bonchev–Trinajstić information content (AvgIpc) is 2.83. The predicted octanol–water partition coefficient (Wildman–Crippen LogP) is 2.71. The molecular weight excluding hydrogens is 235 g/mol. The lowest BCUT2D eigenvalue weighted by molar-refractivity contribution is 0.0698. The van der Waals surface area contributed by atoms with E-state index in [1.54, 1.807) is 0 Å². The third-order valence-electron chi connectivity index (χ3n) is 3.46. The lowest BCUT2D eigenvalue weighted by Gasteiger charge is -2.15. The van der Waals surface area contributed by atoms with Gasteiger partial charge in [-0.05, 0) is 30.9 Å². The first-order valence-corrected chi connectivity index (χ1v) is 6.14. The van der Waals surface area contributed by atoms with Gasteiger partial charge in [0, 0.05) is 6.54 Å². The molecule has 1 aliphatic rings. The van der Waals surface area contributed by atoms with Crippen molar-refractivity contribution in [2.45, 2.75) is 25.7 Å². The van der Waals surface area contributed by atoms with Crippen LogP contribution in [-0.4, -0.2) is 17.6 Å². The van der Waals surface area contributed by atoms with Crippen LogP contribution in [0.4, 0.5) is 15.8 Å². The molecular formula is C13H17FN2O2. The van der Waals surface area contributed by atoms with Gasteiger partial charge in [-0.15, -0.1) is 0 Å². The molecule has 2 rings (SSSR count). The van der Waals surface area contributed by atoms with E-state index in [9.17, 15) is 9.18 Å². The number of halogens is 1. The summed E-state index contributed by atoms with van der Waals surface area (Å²) in [7, 11) is 0. The molecule has 1 fully saturated rings. The molecule has 0 spiro atoms. The van der Waals surface area contributed by atoms with E-state index >= 15 is 0 Å². The van der Waals surface area contributed by atoms with Gasteiger partial charge in [0.05, 0.1) is 11.4 Å². The van der Waals surface area contributed by atoms with Gasteiger partial charge in [-0.1, -0.05) is 12.8 Å². The van der Waals surface area contributed by atoms with E-state index < -0.39 is 11.8 Å². The van der Waals surface area contributed by atoms with Crippen molar-refractivity contribution in [3.8, 4) is 0 Å². The van der Waals surface area contributed by atoms with Gasteiger partial charge in [0.1, 0.15) is 11.4 Å². The standard InChI is InChI=1S/C13H17FN2O2/c14-9-5-6-10(11(12(9)15)13(17)18)16-7-8-3-1-2-4-8/h5-6,8,16H,1-4,7,15H2,(H,17,18). The van der Waals surface area contributed by atoms with Crippen LogP contribution < -0.4 is 11.1 Å². The first-order valence-electron chi connectivity index (χ1n) is 6.14.